The molecular formula is C43H63N9O12. The van der Waals surface area contributed by atoms with Crippen molar-refractivity contribution in [3.63, 3.8) is 0 Å². The van der Waals surface area contributed by atoms with Gasteiger partial charge in [0.2, 0.25) is 23.6 Å². The Morgan fingerprint density at radius 3 is 2.28 bits per heavy atom. The van der Waals surface area contributed by atoms with Crippen LogP contribution >= 0.6 is 0 Å². The van der Waals surface area contributed by atoms with Crippen molar-refractivity contribution in [3.8, 4) is 11.8 Å². The van der Waals surface area contributed by atoms with E-state index in [0.717, 1.165) is 6.42 Å². The van der Waals surface area contributed by atoms with Crippen molar-refractivity contribution in [2.45, 2.75) is 95.8 Å². The Morgan fingerprint density at radius 2 is 1.58 bits per heavy atom. The Morgan fingerprint density at radius 1 is 0.875 bits per heavy atom. The zero-order valence-corrected chi connectivity index (χ0v) is 36.7. The van der Waals surface area contributed by atoms with Gasteiger partial charge in [-0.15, -0.1) is 0 Å². The first kappa shape index (κ1) is 52.4. The summed E-state index contributed by atoms with van der Waals surface area (Å²) >= 11 is 0. The molecule has 4 atom stereocenters. The largest absolute Gasteiger partial charge is 0.484 e. The van der Waals surface area contributed by atoms with Gasteiger partial charge in [-0.25, -0.2) is 4.79 Å². The van der Waals surface area contributed by atoms with Crippen molar-refractivity contribution in [1.82, 2.24) is 36.5 Å². The first-order chi connectivity index (χ1) is 30.8. The van der Waals surface area contributed by atoms with Crippen LogP contribution in [0.1, 0.15) is 82.0 Å². The van der Waals surface area contributed by atoms with E-state index < -0.39 is 47.9 Å². The summed E-state index contributed by atoms with van der Waals surface area (Å²) in [5, 5.41) is 32.7. The number of nitrogens with two attached hydrogens (primary N) is 1. The zero-order chi connectivity index (χ0) is 46.7. The van der Waals surface area contributed by atoms with Gasteiger partial charge in [0.25, 0.3) is 11.8 Å². The van der Waals surface area contributed by atoms with Gasteiger partial charge in [0.1, 0.15) is 29.9 Å². The number of nitrogens with one attached hydrogen (secondary N) is 5. The molecule has 0 saturated carbocycles. The molecule has 1 aliphatic heterocycles. The van der Waals surface area contributed by atoms with Gasteiger partial charge in [-0.3, -0.25) is 33.8 Å². The van der Waals surface area contributed by atoms with Gasteiger partial charge in [0.15, 0.2) is 6.61 Å². The summed E-state index contributed by atoms with van der Waals surface area (Å²) in [5.41, 5.74) is 6.35. The highest BCUT2D eigenvalue weighted by Crippen LogP contribution is 2.23. The van der Waals surface area contributed by atoms with E-state index in [0.29, 0.717) is 74.0 Å². The summed E-state index contributed by atoms with van der Waals surface area (Å²) in [7, 11) is 0. The fourth-order valence-corrected chi connectivity index (χ4v) is 6.63. The highest BCUT2D eigenvalue weighted by Gasteiger charge is 2.32. The molecule has 8 N–H and O–H groups in total. The number of pyridine rings is 1. The Hall–Kier alpha value is -5.95. The second-order valence-corrected chi connectivity index (χ2v) is 15.1. The second-order valence-electron chi connectivity index (χ2n) is 15.1. The summed E-state index contributed by atoms with van der Waals surface area (Å²) in [4.78, 5) is 92.5. The minimum absolute atomic E-state index is 0.0248. The number of ether oxygens (including phenoxy) is 4. The number of aliphatic carboxylic acids is 1. The van der Waals surface area contributed by atoms with Crippen LogP contribution in [0.2, 0.25) is 0 Å². The fourth-order valence-electron chi connectivity index (χ4n) is 6.63. The van der Waals surface area contributed by atoms with Crippen LogP contribution in [0.25, 0.3) is 10.9 Å². The lowest BCUT2D eigenvalue weighted by molar-refractivity contribution is -0.142. The number of carboxylic acids is 1. The van der Waals surface area contributed by atoms with Gasteiger partial charge in [0.05, 0.1) is 56.8 Å². The molecule has 1 aromatic carbocycles. The summed E-state index contributed by atoms with van der Waals surface area (Å²) in [6.07, 6.45) is 5.47. The van der Waals surface area contributed by atoms with E-state index in [9.17, 15) is 43.9 Å². The number of fused-ring (bicyclic) bond motifs is 1. The number of carbonyl (C=O) groups excluding carboxylic acids is 6. The van der Waals surface area contributed by atoms with E-state index in [1.807, 2.05) is 0 Å². The highest BCUT2D eigenvalue weighted by atomic mass is 16.5. The van der Waals surface area contributed by atoms with Crippen LogP contribution in [-0.2, 0) is 43.0 Å². The second kappa shape index (κ2) is 29.4. The third kappa shape index (κ3) is 19.2. The molecule has 352 valence electrons. The Balaban J connectivity index is 1.25. The molecule has 21 nitrogen and oxygen atoms in total. The standard InChI is InChI=1S/C43H63N9O12/c1-29(42(58)52-19-7-8-31(52)27-45)49-40(56)34-13-17-47-37-26-32(11-12-33(34)37)64-28-39(55)48-18-21-62-23-25-63-24-22-61-20-14-38(54)50-35(9-3-5-15-44)41(57)51-36(43(59)60)10-4-6-16-46-30(2)53/h11-13,17,26,29,31,35-36H,3-10,14-16,18-25,28,44H2,1-2H3,(H,46,53)(H,48,55)(H,49,56)(H,50,54)(H,51,57)(H,59,60)/t29-,31+,35+,36+/m1/s1. The van der Waals surface area contributed by atoms with Crippen LogP contribution in [0, 0.1) is 11.3 Å². The van der Waals surface area contributed by atoms with Crippen molar-refractivity contribution in [2.75, 3.05) is 72.4 Å². The smallest absolute Gasteiger partial charge is 0.326 e. The lowest BCUT2D eigenvalue weighted by Crippen LogP contribution is -2.51. The number of nitrogens with zero attached hydrogens (tertiary/aromatic N) is 3. The number of hydrogen-bond acceptors (Lipinski definition) is 14. The lowest BCUT2D eigenvalue weighted by Gasteiger charge is -2.24. The Bertz CT molecular complexity index is 1890. The van der Waals surface area contributed by atoms with Gasteiger partial charge in [-0.1, -0.05) is 0 Å². The zero-order valence-electron chi connectivity index (χ0n) is 36.7. The van der Waals surface area contributed by atoms with Crippen LogP contribution in [0.3, 0.4) is 0 Å². The van der Waals surface area contributed by atoms with E-state index in [-0.39, 0.29) is 89.8 Å². The molecule has 2 aromatic rings. The summed E-state index contributed by atoms with van der Waals surface area (Å²) in [6, 6.07) is 5.17. The number of unbranched alkanes of at least 4 members (excludes halogenated alkanes) is 2. The number of nitriles is 1. The van der Waals surface area contributed by atoms with Gasteiger partial charge in [0, 0.05) is 50.6 Å². The number of aromatic nitrogens is 1. The third-order valence-corrected chi connectivity index (χ3v) is 10.0. The van der Waals surface area contributed by atoms with Crippen LogP contribution in [-0.4, -0.2) is 153 Å². The predicted octanol–water partition coefficient (Wildman–Crippen LogP) is 0.292. The highest BCUT2D eigenvalue weighted by molar-refractivity contribution is 6.07. The number of amides is 6. The van der Waals surface area contributed by atoms with Gasteiger partial charge < -0.3 is 61.3 Å². The van der Waals surface area contributed by atoms with Crippen molar-refractivity contribution in [1.29, 1.82) is 5.26 Å². The van der Waals surface area contributed by atoms with Crippen molar-refractivity contribution in [2.24, 2.45) is 5.73 Å². The monoisotopic (exact) mass is 897 g/mol. The first-order valence-electron chi connectivity index (χ1n) is 21.6. The summed E-state index contributed by atoms with van der Waals surface area (Å²) in [6.45, 7) is 5.53. The van der Waals surface area contributed by atoms with Crippen molar-refractivity contribution < 1.29 is 57.6 Å². The van der Waals surface area contributed by atoms with Gasteiger partial charge >= 0.3 is 5.97 Å². The molecule has 0 unspecified atom stereocenters. The number of carbonyl (C=O) groups is 7. The number of likely N-dealkylation sites (tertiary alicyclic amines) is 1. The molecule has 6 amide bonds. The molecule has 64 heavy (non-hydrogen) atoms. The maximum absolute atomic E-state index is 13.1. The van der Waals surface area contributed by atoms with Crippen LogP contribution in [0.5, 0.6) is 5.75 Å². The lowest BCUT2D eigenvalue weighted by atomic mass is 10.1. The molecule has 1 fully saturated rings. The molecule has 0 aliphatic carbocycles. The third-order valence-electron chi connectivity index (χ3n) is 10.0. The number of rotatable bonds is 31. The van der Waals surface area contributed by atoms with Gasteiger partial charge in [-0.05, 0) is 83.0 Å². The van der Waals surface area contributed by atoms with E-state index >= 15 is 0 Å². The van der Waals surface area contributed by atoms with E-state index in [2.05, 4.69) is 37.6 Å². The average Bonchev–Trinajstić information content (AvgIpc) is 3.76. The predicted molar refractivity (Wildman–Crippen MR) is 232 cm³/mol. The maximum Gasteiger partial charge on any atom is 0.326 e. The molecule has 0 bridgehead atoms. The molecule has 2 heterocycles. The average molecular weight is 898 g/mol. The van der Waals surface area contributed by atoms with Crippen molar-refractivity contribution >= 4 is 52.3 Å². The number of hydrogen-bond donors (Lipinski definition) is 7. The minimum Gasteiger partial charge on any atom is -0.484 e. The molecule has 1 saturated heterocycles. The summed E-state index contributed by atoms with van der Waals surface area (Å²) in [5.74, 6) is -3.16. The molecule has 0 spiro atoms. The minimum atomic E-state index is -1.19. The van der Waals surface area contributed by atoms with E-state index in [1.54, 1.807) is 31.2 Å². The summed E-state index contributed by atoms with van der Waals surface area (Å²) < 4.78 is 22.1. The molecule has 1 aliphatic rings. The maximum atomic E-state index is 13.1. The van der Waals surface area contributed by atoms with E-state index in [4.69, 9.17) is 24.7 Å². The molecular weight excluding hydrogens is 835 g/mol. The SMILES string of the molecule is CC(=O)NCCCC[C@H](NC(=O)[C@H](CCCCN)NC(=O)CCOCCOCCOCCNC(=O)COc1ccc2c(C(=O)N[C@H](C)C(=O)N3CCC[C@H]3C#N)ccnc2c1)C(=O)O. The molecule has 21 heteroatoms. The molecule has 0 radical (unpaired) electrons. The molecule has 3 rings (SSSR count). The van der Waals surface area contributed by atoms with Crippen LogP contribution in [0.15, 0.2) is 30.5 Å². The van der Waals surface area contributed by atoms with Gasteiger partial charge in [-0.2, -0.15) is 5.26 Å². The topological polar surface area (TPSA) is 303 Å². The number of carboxylic acid groups (broad SMARTS) is 1. The quantitative estimate of drug-likeness (QED) is 0.0501. The Labute approximate surface area is 372 Å². The fraction of sp³-hybridized carbons (Fsp3) is 0.605. The molecule has 1 aromatic heterocycles. The van der Waals surface area contributed by atoms with E-state index in [1.165, 1.54) is 18.0 Å². The normalized spacial score (nSPS) is 14.7. The van der Waals surface area contributed by atoms with Crippen LogP contribution in [0.4, 0.5) is 0 Å². The Kier molecular flexibility index (Phi) is 24.1. The number of benzene rings is 1. The first-order valence-corrected chi connectivity index (χ1v) is 21.6. The van der Waals surface area contributed by atoms with Crippen LogP contribution < -0.4 is 37.1 Å². The van der Waals surface area contributed by atoms with Crippen molar-refractivity contribution in [3.05, 3.63) is 36.0 Å².